The summed E-state index contributed by atoms with van der Waals surface area (Å²) in [5, 5.41) is 15.6. The highest BCUT2D eigenvalue weighted by atomic mass is 31.2. The molecule has 0 aromatic heterocycles. The Morgan fingerprint density at radius 3 is 1.25 bits per heavy atom. The summed E-state index contributed by atoms with van der Waals surface area (Å²) in [5.74, 6) is 7.03. The van der Waals surface area contributed by atoms with Crippen LogP contribution in [0.3, 0.4) is 0 Å². The molecule has 2 atom stereocenters. The van der Waals surface area contributed by atoms with Gasteiger partial charge in [-0.3, -0.25) is 9.13 Å². The maximum Gasteiger partial charge on any atom is 0.346 e. The second kappa shape index (κ2) is 19.2. The van der Waals surface area contributed by atoms with Crippen LogP contribution in [0.25, 0.3) is 0 Å². The molecule has 168 valence electrons. The lowest BCUT2D eigenvalue weighted by Crippen LogP contribution is -2.02. The highest BCUT2D eigenvalue weighted by Crippen LogP contribution is 2.46. The zero-order valence-corrected chi connectivity index (χ0v) is 18.4. The van der Waals surface area contributed by atoms with Gasteiger partial charge in [0.2, 0.25) is 0 Å². The van der Waals surface area contributed by atoms with E-state index in [9.17, 15) is 18.7 Å². The summed E-state index contributed by atoms with van der Waals surface area (Å²) in [4.78, 5) is 19.1. The number of carboxylic acid groups (broad SMARTS) is 2. The number of hydrogen-bond acceptors (Lipinski definition) is 10. The van der Waals surface area contributed by atoms with Crippen molar-refractivity contribution >= 4 is 27.1 Å². The van der Waals surface area contributed by atoms with Crippen LogP contribution in [0.4, 0.5) is 0 Å². The summed E-state index contributed by atoms with van der Waals surface area (Å²) in [7, 11) is -3.17. The van der Waals surface area contributed by atoms with Crippen molar-refractivity contribution in [2.24, 2.45) is 11.8 Å². The summed E-state index contributed by atoms with van der Waals surface area (Å²) in [6.07, 6.45) is 5.44. The van der Waals surface area contributed by atoms with Gasteiger partial charge in [0.25, 0.3) is 0 Å². The van der Waals surface area contributed by atoms with Gasteiger partial charge < -0.3 is 19.3 Å². The average molecular weight is 450 g/mol. The molecule has 0 heterocycles. The Balaban J connectivity index is -0.000000337. The molecule has 0 spiro atoms. The smallest absolute Gasteiger partial charge is 0.346 e. The van der Waals surface area contributed by atoms with E-state index in [2.05, 4.69) is 18.3 Å². The Labute approximate surface area is 165 Å². The van der Waals surface area contributed by atoms with E-state index in [1.165, 1.54) is 14.2 Å². The molecule has 0 rings (SSSR count). The molecule has 0 saturated heterocycles. The van der Waals surface area contributed by atoms with Crippen LogP contribution in [0, 0.1) is 0 Å². The SMILES string of the molecule is CCCCP(=O)(OC)ON.CCCCP(=O)(OC)ON.O=C(O)/C=C\C(=O)O. The van der Waals surface area contributed by atoms with Crippen molar-refractivity contribution in [1.29, 1.82) is 0 Å². The number of rotatable bonds is 12. The molecule has 0 bridgehead atoms. The second-order valence-electron chi connectivity index (χ2n) is 4.96. The van der Waals surface area contributed by atoms with Gasteiger partial charge in [-0.25, -0.2) is 30.6 Å². The van der Waals surface area contributed by atoms with Gasteiger partial charge in [0.15, 0.2) is 0 Å². The molecule has 14 heteroatoms. The fourth-order valence-electron chi connectivity index (χ4n) is 1.22. The molecule has 0 radical (unpaired) electrons. The van der Waals surface area contributed by atoms with Crippen LogP contribution < -0.4 is 11.8 Å². The molecular formula is C14H32N2O10P2. The lowest BCUT2D eigenvalue weighted by Gasteiger charge is -2.10. The summed E-state index contributed by atoms with van der Waals surface area (Å²) in [6.45, 7) is 3.99. The average Bonchev–Trinajstić information content (AvgIpc) is 2.69. The number of hydrogen-bond donors (Lipinski definition) is 4. The van der Waals surface area contributed by atoms with Crippen molar-refractivity contribution in [3.05, 3.63) is 12.2 Å². The highest BCUT2D eigenvalue weighted by Gasteiger charge is 2.20. The molecule has 0 fully saturated rings. The summed E-state index contributed by atoms with van der Waals surface area (Å²) in [5.41, 5.74) is 0. The maximum atomic E-state index is 11.1. The zero-order chi connectivity index (χ0) is 22.6. The van der Waals surface area contributed by atoms with Gasteiger partial charge in [-0.15, -0.1) is 0 Å². The highest BCUT2D eigenvalue weighted by molar-refractivity contribution is 7.54. The molecule has 12 nitrogen and oxygen atoms in total. The lowest BCUT2D eigenvalue weighted by molar-refractivity contribution is -0.134. The minimum atomic E-state index is -2.92. The Morgan fingerprint density at radius 1 is 0.821 bits per heavy atom. The molecule has 6 N–H and O–H groups in total. The standard InChI is InChI=1S/2C5H14NO3P.C4H4O4/c2*1-3-4-5-10(7,8-2)9-6;5-3(6)1-2-4(7)8/h2*3-6H2,1-2H3;1-2H,(H,5,6)(H,7,8)/b;;2-1-. The van der Waals surface area contributed by atoms with Gasteiger partial charge in [0.05, 0.1) is 12.3 Å². The largest absolute Gasteiger partial charge is 0.478 e. The predicted molar refractivity (Wildman–Crippen MR) is 104 cm³/mol. The molecule has 28 heavy (non-hydrogen) atoms. The molecule has 2 unspecified atom stereocenters. The van der Waals surface area contributed by atoms with Crippen LogP contribution in [0.15, 0.2) is 12.2 Å². The number of unbranched alkanes of at least 4 members (excludes halogenated alkanes) is 2. The van der Waals surface area contributed by atoms with Gasteiger partial charge >= 0.3 is 27.1 Å². The summed E-state index contributed by atoms with van der Waals surface area (Å²) < 4.78 is 39.9. The van der Waals surface area contributed by atoms with E-state index in [0.29, 0.717) is 24.5 Å². The number of nitrogens with two attached hydrogens (primary N) is 2. The molecule has 0 aliphatic heterocycles. The van der Waals surface area contributed by atoms with Crippen LogP contribution >= 0.6 is 15.2 Å². The quantitative estimate of drug-likeness (QED) is 0.193. The van der Waals surface area contributed by atoms with E-state index in [0.717, 1.165) is 25.7 Å². The van der Waals surface area contributed by atoms with Gasteiger partial charge in [0.1, 0.15) is 0 Å². The van der Waals surface area contributed by atoms with Crippen LogP contribution in [-0.2, 0) is 37.0 Å². The van der Waals surface area contributed by atoms with Crippen molar-refractivity contribution in [2.45, 2.75) is 39.5 Å². The third-order valence-electron chi connectivity index (χ3n) is 2.82. The van der Waals surface area contributed by atoms with Crippen LogP contribution in [0.1, 0.15) is 39.5 Å². The van der Waals surface area contributed by atoms with E-state index < -0.39 is 27.1 Å². The summed E-state index contributed by atoms with van der Waals surface area (Å²) >= 11 is 0. The van der Waals surface area contributed by atoms with Crippen molar-refractivity contribution in [2.75, 3.05) is 26.5 Å². The molecule has 0 aliphatic rings. The first-order valence-electron chi connectivity index (χ1n) is 8.20. The van der Waals surface area contributed by atoms with Gasteiger partial charge in [-0.05, 0) is 12.8 Å². The predicted octanol–water partition coefficient (Wildman–Crippen LogP) is 2.74. The van der Waals surface area contributed by atoms with E-state index in [4.69, 9.17) is 22.0 Å². The summed E-state index contributed by atoms with van der Waals surface area (Å²) in [6, 6.07) is 0. The molecule has 0 aromatic carbocycles. The van der Waals surface area contributed by atoms with Crippen molar-refractivity contribution in [1.82, 2.24) is 0 Å². The van der Waals surface area contributed by atoms with E-state index in [1.54, 1.807) is 0 Å². The fourth-order valence-corrected chi connectivity index (χ4v) is 3.38. The topological polar surface area (TPSA) is 198 Å². The maximum absolute atomic E-state index is 11.1. The van der Waals surface area contributed by atoms with Crippen LogP contribution in [0.5, 0.6) is 0 Å². The Kier molecular flexibility index (Phi) is 21.7. The van der Waals surface area contributed by atoms with Gasteiger partial charge in [-0.1, -0.05) is 26.7 Å². The van der Waals surface area contributed by atoms with Gasteiger partial charge in [0, 0.05) is 26.4 Å². The second-order valence-corrected chi connectivity index (χ2v) is 9.45. The normalized spacial score (nSPS) is 14.6. The van der Waals surface area contributed by atoms with Crippen LogP contribution in [0.2, 0.25) is 0 Å². The fraction of sp³-hybridized carbons (Fsp3) is 0.714. The number of aliphatic carboxylic acids is 2. The first kappa shape index (κ1) is 31.6. The van der Waals surface area contributed by atoms with Gasteiger partial charge in [-0.2, -0.15) is 0 Å². The number of carbonyl (C=O) groups is 2. The first-order valence-corrected chi connectivity index (χ1v) is 11.7. The third kappa shape index (κ3) is 21.2. The third-order valence-corrected chi connectivity index (χ3v) is 6.30. The zero-order valence-electron chi connectivity index (χ0n) is 16.6. The Hall–Kier alpha value is -1.10. The Morgan fingerprint density at radius 2 is 1.11 bits per heavy atom. The molecule has 0 saturated carbocycles. The Bertz CT molecular complexity index is 480. The minimum Gasteiger partial charge on any atom is -0.478 e. The van der Waals surface area contributed by atoms with Crippen molar-refractivity contribution in [3.8, 4) is 0 Å². The molecule has 0 amide bonds. The molecule has 0 aromatic rings. The van der Waals surface area contributed by atoms with Crippen molar-refractivity contribution in [3.63, 3.8) is 0 Å². The minimum absolute atomic E-state index is 0.399. The molecular weight excluding hydrogens is 418 g/mol. The monoisotopic (exact) mass is 450 g/mol. The lowest BCUT2D eigenvalue weighted by atomic mass is 10.4. The van der Waals surface area contributed by atoms with E-state index in [-0.39, 0.29) is 0 Å². The van der Waals surface area contributed by atoms with Crippen LogP contribution in [-0.4, -0.2) is 48.7 Å². The molecule has 0 aliphatic carbocycles. The van der Waals surface area contributed by atoms with E-state index in [1.807, 2.05) is 13.8 Å². The first-order chi connectivity index (χ1) is 13.0. The van der Waals surface area contributed by atoms with E-state index >= 15 is 0 Å². The van der Waals surface area contributed by atoms with Crippen molar-refractivity contribution < 1.29 is 47.2 Å². The number of carboxylic acids is 2.